The molecular formula is C15H15FN4O4. The number of hydrogen-bond donors (Lipinski definition) is 2. The number of nitrogens with one attached hydrogen (secondary N) is 2. The van der Waals surface area contributed by atoms with Crippen LogP contribution in [0.2, 0.25) is 0 Å². The minimum atomic E-state index is -1.66. The molecule has 0 spiro atoms. The minimum Gasteiger partial charge on any atom is -0.305 e. The van der Waals surface area contributed by atoms with Gasteiger partial charge in [0, 0.05) is 11.0 Å². The molecule has 3 rings (SSSR count). The van der Waals surface area contributed by atoms with Crippen LogP contribution in [0.3, 0.4) is 0 Å². The maximum Gasteiger partial charge on any atom is 0.301 e. The molecule has 0 saturated carbocycles. The van der Waals surface area contributed by atoms with Crippen LogP contribution in [-0.2, 0) is 4.79 Å². The summed E-state index contributed by atoms with van der Waals surface area (Å²) in [5.41, 5.74) is -0.0716. The molecule has 1 aromatic heterocycles. The molecule has 1 aliphatic heterocycles. The van der Waals surface area contributed by atoms with E-state index in [4.69, 9.17) is 0 Å². The van der Waals surface area contributed by atoms with Crippen molar-refractivity contribution in [1.29, 1.82) is 0 Å². The first kappa shape index (κ1) is 15.9. The van der Waals surface area contributed by atoms with E-state index in [0.29, 0.717) is 5.56 Å². The molecule has 2 atom stereocenters. The van der Waals surface area contributed by atoms with Gasteiger partial charge in [0.05, 0.1) is 11.5 Å². The smallest absolute Gasteiger partial charge is 0.301 e. The van der Waals surface area contributed by atoms with E-state index >= 15 is 0 Å². The second kappa shape index (κ2) is 5.59. The Morgan fingerprint density at radius 2 is 1.88 bits per heavy atom. The van der Waals surface area contributed by atoms with Crippen molar-refractivity contribution >= 4 is 11.7 Å². The van der Waals surface area contributed by atoms with Crippen LogP contribution in [0.15, 0.2) is 29.1 Å². The fourth-order valence-corrected chi connectivity index (χ4v) is 3.00. The van der Waals surface area contributed by atoms with E-state index in [1.807, 2.05) is 0 Å². The van der Waals surface area contributed by atoms with Crippen molar-refractivity contribution in [2.24, 2.45) is 0 Å². The minimum absolute atomic E-state index is 0.108. The summed E-state index contributed by atoms with van der Waals surface area (Å²) in [7, 11) is 0. The van der Waals surface area contributed by atoms with Gasteiger partial charge in [0.2, 0.25) is 0 Å². The van der Waals surface area contributed by atoms with E-state index in [1.165, 1.54) is 16.8 Å². The van der Waals surface area contributed by atoms with Crippen molar-refractivity contribution < 1.29 is 14.1 Å². The van der Waals surface area contributed by atoms with E-state index in [2.05, 4.69) is 10.4 Å². The van der Waals surface area contributed by atoms with Crippen molar-refractivity contribution in [3.63, 3.8) is 0 Å². The normalized spacial score (nSPS) is 19.9. The van der Waals surface area contributed by atoms with Gasteiger partial charge in [-0.25, -0.2) is 4.39 Å². The molecule has 9 heteroatoms. The van der Waals surface area contributed by atoms with Crippen molar-refractivity contribution in [3.8, 4) is 0 Å². The highest BCUT2D eigenvalue weighted by Crippen LogP contribution is 2.37. The molecule has 2 heterocycles. The molecule has 126 valence electrons. The van der Waals surface area contributed by atoms with E-state index in [1.54, 1.807) is 13.8 Å². The molecule has 1 amide bonds. The molecule has 0 saturated heterocycles. The third-order valence-electron chi connectivity index (χ3n) is 4.07. The summed E-state index contributed by atoms with van der Waals surface area (Å²) in [6.07, 6.45) is 0. The summed E-state index contributed by atoms with van der Waals surface area (Å²) >= 11 is 0. The van der Waals surface area contributed by atoms with Crippen LogP contribution in [0.4, 0.5) is 10.2 Å². The second-order valence-electron chi connectivity index (χ2n) is 5.92. The maximum atomic E-state index is 13.2. The van der Waals surface area contributed by atoms with Crippen LogP contribution in [0, 0.1) is 15.9 Å². The summed E-state index contributed by atoms with van der Waals surface area (Å²) in [5, 5.41) is 16.5. The Balaban J connectivity index is 2.27. The van der Waals surface area contributed by atoms with Gasteiger partial charge >= 0.3 is 11.9 Å². The number of nitrogens with zero attached hydrogens (tertiary/aromatic N) is 2. The molecule has 24 heavy (non-hydrogen) atoms. The topological polar surface area (TPSA) is 110 Å². The number of hydrogen-bond acceptors (Lipinski definition) is 4. The molecular weight excluding hydrogens is 319 g/mol. The first-order chi connectivity index (χ1) is 11.3. The molecule has 2 aromatic rings. The van der Waals surface area contributed by atoms with E-state index < -0.39 is 34.2 Å². The lowest BCUT2D eigenvalue weighted by Crippen LogP contribution is -2.45. The highest BCUT2D eigenvalue weighted by Gasteiger charge is 2.48. The lowest BCUT2D eigenvalue weighted by atomic mass is 9.83. The number of aromatic amines is 1. The van der Waals surface area contributed by atoms with Gasteiger partial charge in [0.1, 0.15) is 11.6 Å². The number of benzene rings is 1. The number of nitro groups is 1. The Bertz CT molecular complexity index is 869. The molecule has 0 unspecified atom stereocenters. The largest absolute Gasteiger partial charge is 0.305 e. The summed E-state index contributed by atoms with van der Waals surface area (Å²) in [5.74, 6) is -2.19. The molecule has 8 nitrogen and oxygen atoms in total. The van der Waals surface area contributed by atoms with Crippen LogP contribution in [0.5, 0.6) is 0 Å². The zero-order valence-electron chi connectivity index (χ0n) is 12.9. The van der Waals surface area contributed by atoms with Crippen LogP contribution >= 0.6 is 0 Å². The molecule has 0 radical (unpaired) electrons. The molecule has 0 fully saturated rings. The highest BCUT2D eigenvalue weighted by atomic mass is 19.1. The number of fused-ring (bicyclic) bond motifs is 1. The molecule has 0 bridgehead atoms. The van der Waals surface area contributed by atoms with Crippen molar-refractivity contribution in [3.05, 3.63) is 61.7 Å². The summed E-state index contributed by atoms with van der Waals surface area (Å²) < 4.78 is 14.6. The van der Waals surface area contributed by atoms with Crippen LogP contribution in [0.25, 0.3) is 0 Å². The Morgan fingerprint density at radius 3 is 2.42 bits per heavy atom. The van der Waals surface area contributed by atoms with E-state index in [0.717, 1.165) is 12.1 Å². The Kier molecular flexibility index (Phi) is 3.70. The van der Waals surface area contributed by atoms with Gasteiger partial charge < -0.3 is 5.32 Å². The zero-order chi connectivity index (χ0) is 17.6. The monoisotopic (exact) mass is 334 g/mol. The fraction of sp³-hybridized carbons (Fsp3) is 0.333. The van der Waals surface area contributed by atoms with Crippen molar-refractivity contribution in [1.82, 2.24) is 9.78 Å². The molecule has 0 aliphatic carbocycles. The van der Waals surface area contributed by atoms with Gasteiger partial charge in [0.25, 0.3) is 5.56 Å². The van der Waals surface area contributed by atoms with Crippen LogP contribution in [-0.4, -0.2) is 26.7 Å². The first-order valence-corrected chi connectivity index (χ1v) is 7.35. The Labute approximate surface area is 135 Å². The standard InChI is InChI=1S/C15H15FN4O4/c1-7(2)19-13-11(14(21)18-19)10(8-3-5-9(16)6-4-8)12(20(23)24)15(22)17-13/h3-7,10,12H,1-2H3,(H,17,22)(H,18,21)/t10-,12+/m1/s1. The molecule has 2 N–H and O–H groups in total. The SMILES string of the molecule is CC(C)n1[nH]c(=O)c2c1NC(=O)[C@@H]([N+](=O)[O-])[C@@H]2c1ccc(F)cc1. The van der Waals surface area contributed by atoms with Gasteiger partial charge in [-0.05, 0) is 31.5 Å². The Morgan fingerprint density at radius 1 is 1.25 bits per heavy atom. The number of rotatable bonds is 3. The van der Waals surface area contributed by atoms with E-state index in [-0.39, 0.29) is 17.4 Å². The van der Waals surface area contributed by atoms with Gasteiger partial charge in [-0.2, -0.15) is 0 Å². The molecule has 1 aromatic carbocycles. The Hall–Kier alpha value is -2.97. The van der Waals surface area contributed by atoms with E-state index in [9.17, 15) is 24.1 Å². The zero-order valence-corrected chi connectivity index (χ0v) is 12.9. The number of aromatic nitrogens is 2. The van der Waals surface area contributed by atoms with Crippen molar-refractivity contribution in [2.75, 3.05) is 5.32 Å². The number of amides is 1. The number of carbonyl (C=O) groups is 1. The third-order valence-corrected chi connectivity index (χ3v) is 4.07. The third kappa shape index (κ3) is 2.38. The summed E-state index contributed by atoms with van der Waals surface area (Å²) in [6.45, 7) is 3.60. The van der Waals surface area contributed by atoms with Crippen LogP contribution < -0.4 is 10.9 Å². The summed E-state index contributed by atoms with van der Waals surface area (Å²) in [6, 6.07) is 3.17. The number of halogens is 1. The quantitative estimate of drug-likeness (QED) is 0.656. The number of carbonyl (C=O) groups excluding carboxylic acids is 1. The van der Waals surface area contributed by atoms with Gasteiger partial charge in [-0.3, -0.25) is 29.5 Å². The molecule has 1 aliphatic rings. The fourth-order valence-electron chi connectivity index (χ4n) is 3.00. The first-order valence-electron chi connectivity index (χ1n) is 7.35. The van der Waals surface area contributed by atoms with Gasteiger partial charge in [0.15, 0.2) is 0 Å². The van der Waals surface area contributed by atoms with Crippen molar-refractivity contribution in [2.45, 2.75) is 31.8 Å². The average Bonchev–Trinajstić information content (AvgIpc) is 2.83. The average molecular weight is 334 g/mol. The van der Waals surface area contributed by atoms with Crippen LogP contribution in [0.1, 0.15) is 36.9 Å². The second-order valence-corrected chi connectivity index (χ2v) is 5.92. The highest BCUT2D eigenvalue weighted by molar-refractivity contribution is 5.97. The number of anilines is 1. The summed E-state index contributed by atoms with van der Waals surface area (Å²) in [4.78, 5) is 35.4. The van der Waals surface area contributed by atoms with Gasteiger partial charge in [-0.15, -0.1) is 0 Å². The van der Waals surface area contributed by atoms with Gasteiger partial charge in [-0.1, -0.05) is 12.1 Å². The number of H-pyrrole nitrogens is 1. The lowest BCUT2D eigenvalue weighted by molar-refractivity contribution is -0.509. The predicted octanol–water partition coefficient (Wildman–Crippen LogP) is 1.63. The predicted molar refractivity (Wildman–Crippen MR) is 83.1 cm³/mol. The lowest BCUT2D eigenvalue weighted by Gasteiger charge is -2.26. The maximum absolute atomic E-state index is 13.2.